The van der Waals surface area contributed by atoms with Crippen molar-refractivity contribution >= 4 is 10.9 Å². The van der Waals surface area contributed by atoms with E-state index in [1.165, 1.54) is 33.3 Å². The predicted octanol–water partition coefficient (Wildman–Crippen LogP) is 3.75. The Morgan fingerprint density at radius 2 is 2.00 bits per heavy atom. The zero-order valence-corrected chi connectivity index (χ0v) is 15.3. The van der Waals surface area contributed by atoms with Crippen molar-refractivity contribution in [1.29, 1.82) is 0 Å². The number of fused-ring (bicyclic) bond motifs is 3. The molecule has 2 aromatic heterocycles. The van der Waals surface area contributed by atoms with E-state index in [9.17, 15) is 0 Å². The molecular formula is C21H26N4. The van der Waals surface area contributed by atoms with Crippen molar-refractivity contribution in [1.82, 2.24) is 19.9 Å². The van der Waals surface area contributed by atoms with Gasteiger partial charge in [0.15, 0.2) is 0 Å². The zero-order valence-electron chi connectivity index (χ0n) is 15.3. The van der Waals surface area contributed by atoms with E-state index < -0.39 is 0 Å². The number of hydrogen-bond donors (Lipinski definition) is 1. The minimum atomic E-state index is 0.560. The fraction of sp³-hybridized carbons (Fsp3) is 0.429. The van der Waals surface area contributed by atoms with Crippen molar-refractivity contribution in [3.63, 3.8) is 0 Å². The molecular weight excluding hydrogens is 308 g/mol. The van der Waals surface area contributed by atoms with E-state index in [-0.39, 0.29) is 0 Å². The molecule has 0 amide bonds. The van der Waals surface area contributed by atoms with Crippen LogP contribution in [0.15, 0.2) is 30.6 Å². The van der Waals surface area contributed by atoms with Gasteiger partial charge in [-0.3, -0.25) is 0 Å². The van der Waals surface area contributed by atoms with Gasteiger partial charge < -0.3 is 9.88 Å². The summed E-state index contributed by atoms with van der Waals surface area (Å²) in [6.07, 6.45) is 5.99. The first-order valence-electron chi connectivity index (χ1n) is 9.25. The average Bonchev–Trinajstić information content (AvgIpc) is 2.94. The molecule has 0 saturated heterocycles. The van der Waals surface area contributed by atoms with Crippen LogP contribution in [0.25, 0.3) is 10.9 Å². The number of aryl methyl sites for hydroxylation is 3. The lowest BCUT2D eigenvalue weighted by atomic mass is 9.99. The summed E-state index contributed by atoms with van der Waals surface area (Å²) in [5.41, 5.74) is 6.98. The van der Waals surface area contributed by atoms with Crippen LogP contribution in [0, 0.1) is 6.92 Å². The van der Waals surface area contributed by atoms with Gasteiger partial charge in [0.25, 0.3) is 0 Å². The van der Waals surface area contributed by atoms with Gasteiger partial charge in [0.2, 0.25) is 0 Å². The van der Waals surface area contributed by atoms with Crippen LogP contribution in [0.4, 0.5) is 0 Å². The molecule has 0 atom stereocenters. The molecule has 0 bridgehead atoms. The monoisotopic (exact) mass is 334 g/mol. The van der Waals surface area contributed by atoms with E-state index in [2.05, 4.69) is 51.9 Å². The number of rotatable bonds is 4. The summed E-state index contributed by atoms with van der Waals surface area (Å²) >= 11 is 0. The highest BCUT2D eigenvalue weighted by atomic mass is 15.0. The van der Waals surface area contributed by atoms with Gasteiger partial charge in [-0.25, -0.2) is 9.97 Å². The summed E-state index contributed by atoms with van der Waals surface area (Å²) in [5, 5.41) is 4.97. The molecule has 0 radical (unpaired) electrons. The fourth-order valence-corrected chi connectivity index (χ4v) is 3.80. The van der Waals surface area contributed by atoms with Crippen molar-refractivity contribution in [3.8, 4) is 0 Å². The highest BCUT2D eigenvalue weighted by molar-refractivity contribution is 5.86. The molecule has 0 fully saturated rings. The van der Waals surface area contributed by atoms with Crippen LogP contribution in [0.1, 0.15) is 48.0 Å². The van der Waals surface area contributed by atoms with E-state index in [0.29, 0.717) is 5.92 Å². The van der Waals surface area contributed by atoms with Crippen molar-refractivity contribution in [2.75, 3.05) is 6.54 Å². The van der Waals surface area contributed by atoms with Gasteiger partial charge in [-0.05, 0) is 48.1 Å². The highest BCUT2D eigenvalue weighted by Gasteiger charge is 2.20. The number of nitrogens with one attached hydrogen (secondary N) is 1. The largest absolute Gasteiger partial charge is 0.344 e. The molecule has 25 heavy (non-hydrogen) atoms. The second-order valence-corrected chi connectivity index (χ2v) is 7.32. The minimum absolute atomic E-state index is 0.560. The lowest BCUT2D eigenvalue weighted by Gasteiger charge is -2.17. The summed E-state index contributed by atoms with van der Waals surface area (Å²) in [5.74, 6) is 1.39. The summed E-state index contributed by atoms with van der Waals surface area (Å²) < 4.78 is 2.52. The maximum absolute atomic E-state index is 4.33. The Balaban J connectivity index is 1.73. The molecule has 4 rings (SSSR count). The molecule has 3 aromatic rings. The number of hydrogen-bond acceptors (Lipinski definition) is 3. The van der Waals surface area contributed by atoms with Crippen molar-refractivity contribution in [2.45, 2.75) is 52.6 Å². The van der Waals surface area contributed by atoms with Crippen LogP contribution in [0.2, 0.25) is 0 Å². The molecule has 1 N–H and O–H groups in total. The Bertz CT molecular complexity index is 890. The van der Waals surface area contributed by atoms with Crippen LogP contribution in [0.3, 0.4) is 0 Å². The number of nitrogens with zero attached hydrogens (tertiary/aromatic N) is 3. The summed E-state index contributed by atoms with van der Waals surface area (Å²) in [6.45, 7) is 9.49. The third-order valence-electron chi connectivity index (χ3n) is 5.28. The van der Waals surface area contributed by atoms with Crippen molar-refractivity contribution in [3.05, 3.63) is 58.8 Å². The van der Waals surface area contributed by atoms with Gasteiger partial charge in [0.1, 0.15) is 5.82 Å². The third-order valence-corrected chi connectivity index (χ3v) is 5.28. The maximum atomic E-state index is 4.33. The Morgan fingerprint density at radius 3 is 2.76 bits per heavy atom. The molecule has 1 aromatic carbocycles. The van der Waals surface area contributed by atoms with Crippen molar-refractivity contribution < 1.29 is 0 Å². The topological polar surface area (TPSA) is 42.7 Å². The third kappa shape index (κ3) is 3.07. The molecule has 3 heterocycles. The fourth-order valence-electron chi connectivity index (χ4n) is 3.80. The highest BCUT2D eigenvalue weighted by Crippen LogP contribution is 2.31. The van der Waals surface area contributed by atoms with E-state index >= 15 is 0 Å². The second-order valence-electron chi connectivity index (χ2n) is 7.32. The van der Waals surface area contributed by atoms with Crippen LogP contribution < -0.4 is 5.32 Å². The van der Waals surface area contributed by atoms with Crippen LogP contribution in [0.5, 0.6) is 0 Å². The predicted molar refractivity (Wildman–Crippen MR) is 102 cm³/mol. The van der Waals surface area contributed by atoms with E-state index in [0.717, 1.165) is 38.3 Å². The Hall–Kier alpha value is -2.20. The second kappa shape index (κ2) is 6.60. The Kier molecular flexibility index (Phi) is 4.30. The van der Waals surface area contributed by atoms with Crippen LogP contribution in [-0.4, -0.2) is 21.1 Å². The van der Waals surface area contributed by atoms with Gasteiger partial charge in [0.05, 0.1) is 0 Å². The molecule has 1 aliphatic heterocycles. The van der Waals surface area contributed by atoms with Gasteiger partial charge in [0, 0.05) is 55.0 Å². The first-order chi connectivity index (χ1) is 12.1. The Morgan fingerprint density at radius 1 is 1.20 bits per heavy atom. The summed E-state index contributed by atoms with van der Waals surface area (Å²) in [7, 11) is 0. The smallest absolute Gasteiger partial charge is 0.125 e. The maximum Gasteiger partial charge on any atom is 0.125 e. The molecule has 0 spiro atoms. The molecule has 4 heteroatoms. The quantitative estimate of drug-likeness (QED) is 0.790. The lowest BCUT2D eigenvalue weighted by molar-refractivity contribution is 0.594. The van der Waals surface area contributed by atoms with Crippen LogP contribution >= 0.6 is 0 Å². The lowest BCUT2D eigenvalue weighted by Crippen LogP contribution is -2.24. The number of benzene rings is 1. The normalized spacial score (nSPS) is 14.2. The van der Waals surface area contributed by atoms with E-state index in [1.54, 1.807) is 0 Å². The standard InChI is InChI=1S/C21H26N4/c1-14(2)17-4-5-20-18(10-17)19-13-22-8-6-21(19)25(20)9-7-16-11-23-15(3)24-12-16/h4-5,10-12,14,22H,6-9,13H2,1-3H3. The van der Waals surface area contributed by atoms with Crippen LogP contribution in [-0.2, 0) is 25.9 Å². The van der Waals surface area contributed by atoms with Gasteiger partial charge in [-0.2, -0.15) is 0 Å². The molecule has 0 aliphatic carbocycles. The van der Waals surface area contributed by atoms with Gasteiger partial charge >= 0.3 is 0 Å². The molecule has 0 unspecified atom stereocenters. The zero-order chi connectivity index (χ0) is 17.4. The first-order valence-corrected chi connectivity index (χ1v) is 9.25. The molecule has 130 valence electrons. The van der Waals surface area contributed by atoms with Gasteiger partial charge in [-0.15, -0.1) is 0 Å². The summed E-state index contributed by atoms with van der Waals surface area (Å²) in [6, 6.07) is 7.00. The molecule has 1 aliphatic rings. The summed E-state index contributed by atoms with van der Waals surface area (Å²) in [4.78, 5) is 8.66. The van der Waals surface area contributed by atoms with E-state index in [1.807, 2.05) is 19.3 Å². The van der Waals surface area contributed by atoms with Crippen molar-refractivity contribution in [2.24, 2.45) is 0 Å². The minimum Gasteiger partial charge on any atom is -0.344 e. The first kappa shape index (κ1) is 16.3. The van der Waals surface area contributed by atoms with Gasteiger partial charge in [-0.1, -0.05) is 19.9 Å². The number of aromatic nitrogens is 3. The van der Waals surface area contributed by atoms with E-state index in [4.69, 9.17) is 0 Å². The SMILES string of the molecule is Cc1ncc(CCn2c3c(c4cc(C(C)C)ccc42)CNCC3)cn1. The molecule has 4 nitrogen and oxygen atoms in total. The average molecular weight is 334 g/mol. The molecule has 0 saturated carbocycles. The Labute approximate surface area is 149 Å².